The molecule has 1 unspecified atom stereocenters. The van der Waals surface area contributed by atoms with Crippen molar-refractivity contribution in [3.05, 3.63) is 34.6 Å². The van der Waals surface area contributed by atoms with E-state index < -0.39 is 17.9 Å². The van der Waals surface area contributed by atoms with Crippen molar-refractivity contribution in [3.8, 4) is 0 Å². The summed E-state index contributed by atoms with van der Waals surface area (Å²) in [5, 5.41) is 9.50. The van der Waals surface area contributed by atoms with Crippen LogP contribution in [0.25, 0.3) is 0 Å². The van der Waals surface area contributed by atoms with Crippen molar-refractivity contribution < 1.29 is 19.0 Å². The zero-order valence-corrected chi connectivity index (χ0v) is 8.79. The summed E-state index contributed by atoms with van der Waals surface area (Å²) in [6.45, 7) is 0. The van der Waals surface area contributed by atoms with E-state index in [0.29, 0.717) is 0 Å². The minimum atomic E-state index is -1.40. The predicted octanol–water partition coefficient (Wildman–Crippen LogP) is 1.56. The van der Waals surface area contributed by atoms with E-state index in [1.165, 1.54) is 18.2 Å². The fraction of sp³-hybridized carbons (Fsp3) is 0.300. The van der Waals surface area contributed by atoms with Gasteiger partial charge in [-0.15, -0.1) is 0 Å². The van der Waals surface area contributed by atoms with Gasteiger partial charge in [-0.25, -0.2) is 9.18 Å². The number of aliphatic hydroxyl groups is 1. The molecule has 0 heterocycles. The van der Waals surface area contributed by atoms with Gasteiger partial charge in [0.15, 0.2) is 6.10 Å². The van der Waals surface area contributed by atoms with E-state index in [0.717, 1.165) is 7.11 Å². The molecule has 0 bridgehead atoms. The molecule has 0 saturated heterocycles. The minimum Gasteiger partial charge on any atom is -0.467 e. The van der Waals surface area contributed by atoms with Crippen molar-refractivity contribution in [1.82, 2.24) is 0 Å². The summed E-state index contributed by atoms with van der Waals surface area (Å²) in [5.74, 6) is -1.36. The maximum atomic E-state index is 13.2. The van der Waals surface area contributed by atoms with Gasteiger partial charge in [0.25, 0.3) is 0 Å². The number of hydrogen-bond donors (Lipinski definition) is 1. The molecule has 0 radical (unpaired) electrons. The molecular weight excluding hydrogens is 223 g/mol. The van der Waals surface area contributed by atoms with E-state index in [1.54, 1.807) is 0 Å². The molecule has 3 nitrogen and oxygen atoms in total. The zero-order valence-electron chi connectivity index (χ0n) is 8.04. The maximum absolute atomic E-state index is 13.2. The molecule has 1 N–H and O–H groups in total. The molecule has 0 spiro atoms. The molecule has 0 fully saturated rings. The molecule has 0 aromatic heterocycles. The van der Waals surface area contributed by atoms with Crippen LogP contribution in [0.1, 0.15) is 5.56 Å². The third-order valence-corrected chi connectivity index (χ3v) is 2.29. The van der Waals surface area contributed by atoms with Crippen LogP contribution in [0.2, 0.25) is 5.02 Å². The van der Waals surface area contributed by atoms with Gasteiger partial charge in [0.2, 0.25) is 0 Å². The van der Waals surface area contributed by atoms with Crippen LogP contribution < -0.4 is 0 Å². The number of carbonyl (C=O) groups is 1. The first-order chi connectivity index (χ1) is 7.06. The van der Waals surface area contributed by atoms with Gasteiger partial charge in [-0.2, -0.15) is 0 Å². The van der Waals surface area contributed by atoms with Crippen molar-refractivity contribution in [1.29, 1.82) is 0 Å². The summed E-state index contributed by atoms with van der Waals surface area (Å²) < 4.78 is 17.5. The Hall–Kier alpha value is -1.13. The fourth-order valence-electron chi connectivity index (χ4n) is 1.14. The second-order valence-electron chi connectivity index (χ2n) is 2.94. The van der Waals surface area contributed by atoms with E-state index in [2.05, 4.69) is 4.74 Å². The molecular formula is C10H10ClFO3. The Labute approximate surface area is 91.4 Å². The highest BCUT2D eigenvalue weighted by atomic mass is 35.5. The number of aliphatic hydroxyl groups excluding tert-OH is 1. The second-order valence-corrected chi connectivity index (χ2v) is 3.35. The predicted molar refractivity (Wildman–Crippen MR) is 53.1 cm³/mol. The van der Waals surface area contributed by atoms with E-state index >= 15 is 0 Å². The summed E-state index contributed by atoms with van der Waals surface area (Å²) in [6, 6.07) is 4.15. The molecule has 1 aromatic rings. The summed E-state index contributed by atoms with van der Waals surface area (Å²) >= 11 is 5.72. The van der Waals surface area contributed by atoms with Gasteiger partial charge in [0.05, 0.1) is 7.11 Å². The molecule has 1 aromatic carbocycles. The van der Waals surface area contributed by atoms with Crippen LogP contribution in [0.15, 0.2) is 18.2 Å². The lowest BCUT2D eigenvalue weighted by molar-refractivity contribution is -0.150. The molecule has 82 valence electrons. The Morgan fingerprint density at radius 3 is 2.87 bits per heavy atom. The lowest BCUT2D eigenvalue weighted by Crippen LogP contribution is -2.24. The maximum Gasteiger partial charge on any atom is 0.335 e. The highest BCUT2D eigenvalue weighted by Crippen LogP contribution is 2.20. The first kappa shape index (κ1) is 11.9. The van der Waals surface area contributed by atoms with Crippen molar-refractivity contribution >= 4 is 17.6 Å². The van der Waals surface area contributed by atoms with E-state index in [-0.39, 0.29) is 17.0 Å². The van der Waals surface area contributed by atoms with Crippen LogP contribution >= 0.6 is 11.6 Å². The molecule has 0 saturated carbocycles. The van der Waals surface area contributed by atoms with Crippen LogP contribution in [-0.4, -0.2) is 24.3 Å². The number of rotatable bonds is 3. The molecule has 0 aliphatic rings. The lowest BCUT2D eigenvalue weighted by atomic mass is 10.1. The van der Waals surface area contributed by atoms with E-state index in [4.69, 9.17) is 11.6 Å². The SMILES string of the molecule is COC(=O)C(O)Cc1c(F)cccc1Cl. The first-order valence-electron chi connectivity index (χ1n) is 4.25. The van der Waals surface area contributed by atoms with Gasteiger partial charge in [-0.05, 0) is 12.1 Å². The fourth-order valence-corrected chi connectivity index (χ4v) is 1.38. The third kappa shape index (κ3) is 2.91. The molecule has 0 aliphatic heterocycles. The molecule has 15 heavy (non-hydrogen) atoms. The second kappa shape index (κ2) is 5.09. The number of ether oxygens (including phenoxy) is 1. The first-order valence-corrected chi connectivity index (χ1v) is 4.63. The van der Waals surface area contributed by atoms with Gasteiger partial charge in [-0.3, -0.25) is 0 Å². The number of methoxy groups -OCH3 is 1. The third-order valence-electron chi connectivity index (χ3n) is 1.93. The quantitative estimate of drug-likeness (QED) is 0.805. The Bertz CT molecular complexity index is 347. The van der Waals surface area contributed by atoms with Crippen LogP contribution in [0.4, 0.5) is 4.39 Å². The topological polar surface area (TPSA) is 46.5 Å². The van der Waals surface area contributed by atoms with Crippen molar-refractivity contribution in [2.75, 3.05) is 7.11 Å². The van der Waals surface area contributed by atoms with Gasteiger partial charge in [0, 0.05) is 17.0 Å². The van der Waals surface area contributed by atoms with Gasteiger partial charge in [-0.1, -0.05) is 17.7 Å². The van der Waals surface area contributed by atoms with Gasteiger partial charge < -0.3 is 9.84 Å². The zero-order chi connectivity index (χ0) is 11.4. The number of benzene rings is 1. The standard InChI is InChI=1S/C10H10ClFO3/c1-15-10(14)9(13)5-6-7(11)3-2-4-8(6)12/h2-4,9,13H,5H2,1H3. The number of halogens is 2. The Morgan fingerprint density at radius 1 is 1.67 bits per heavy atom. The Kier molecular flexibility index (Phi) is 4.05. The smallest absolute Gasteiger partial charge is 0.335 e. The minimum absolute atomic E-state index is 0.108. The summed E-state index contributed by atoms with van der Waals surface area (Å²) in [5.41, 5.74) is 0.108. The van der Waals surface area contributed by atoms with Gasteiger partial charge in [0.1, 0.15) is 5.82 Å². The number of esters is 1. The molecule has 0 aliphatic carbocycles. The van der Waals surface area contributed by atoms with Crippen molar-refractivity contribution in [3.63, 3.8) is 0 Å². The van der Waals surface area contributed by atoms with Crippen LogP contribution in [0.3, 0.4) is 0 Å². The summed E-state index contributed by atoms with van der Waals surface area (Å²) in [4.78, 5) is 10.9. The van der Waals surface area contributed by atoms with E-state index in [9.17, 15) is 14.3 Å². The summed E-state index contributed by atoms with van der Waals surface area (Å²) in [7, 11) is 1.15. The average molecular weight is 233 g/mol. The average Bonchev–Trinajstić information content (AvgIpc) is 2.22. The number of hydrogen-bond acceptors (Lipinski definition) is 3. The molecule has 1 atom stereocenters. The van der Waals surface area contributed by atoms with E-state index in [1.807, 2.05) is 0 Å². The van der Waals surface area contributed by atoms with Crippen LogP contribution in [0.5, 0.6) is 0 Å². The lowest BCUT2D eigenvalue weighted by Gasteiger charge is -2.10. The molecule has 1 rings (SSSR count). The highest BCUT2D eigenvalue weighted by Gasteiger charge is 2.19. The number of carbonyl (C=O) groups excluding carboxylic acids is 1. The Morgan fingerprint density at radius 2 is 2.33 bits per heavy atom. The van der Waals surface area contributed by atoms with Crippen LogP contribution in [-0.2, 0) is 16.0 Å². The highest BCUT2D eigenvalue weighted by molar-refractivity contribution is 6.31. The summed E-state index contributed by atoms with van der Waals surface area (Å²) in [6.07, 6.45) is -1.59. The molecule has 5 heteroatoms. The van der Waals surface area contributed by atoms with Gasteiger partial charge >= 0.3 is 5.97 Å². The largest absolute Gasteiger partial charge is 0.467 e. The van der Waals surface area contributed by atoms with Crippen LogP contribution in [0, 0.1) is 5.82 Å². The van der Waals surface area contributed by atoms with Crippen molar-refractivity contribution in [2.24, 2.45) is 0 Å². The Balaban J connectivity index is 2.85. The normalized spacial score (nSPS) is 12.3. The van der Waals surface area contributed by atoms with Crippen molar-refractivity contribution in [2.45, 2.75) is 12.5 Å². The molecule has 0 amide bonds. The monoisotopic (exact) mass is 232 g/mol.